The minimum absolute atomic E-state index is 0.407. The molecule has 74 valence electrons. The van der Waals surface area contributed by atoms with Gasteiger partial charge in [0.1, 0.15) is 0 Å². The predicted octanol–water partition coefficient (Wildman–Crippen LogP) is 1.88. The van der Waals surface area contributed by atoms with Crippen LogP contribution >= 0.6 is 0 Å². The first-order chi connectivity index (χ1) is 5.54. The van der Waals surface area contributed by atoms with Crippen LogP contribution in [-0.4, -0.2) is 36.2 Å². The van der Waals surface area contributed by atoms with Gasteiger partial charge in [-0.15, -0.1) is 0 Å². The maximum atomic E-state index is 9.92. The summed E-state index contributed by atoms with van der Waals surface area (Å²) in [7, 11) is 4.13. The Bertz CT molecular complexity index is 108. The highest BCUT2D eigenvalue weighted by molar-refractivity contribution is 4.74. The van der Waals surface area contributed by atoms with Gasteiger partial charge in [-0.1, -0.05) is 13.8 Å². The Kier molecular flexibility index (Phi) is 5.51. The van der Waals surface area contributed by atoms with Crippen molar-refractivity contribution >= 4 is 0 Å². The second kappa shape index (κ2) is 5.55. The molecular weight excluding hydrogens is 150 g/mol. The second-order valence-electron chi connectivity index (χ2n) is 3.84. The van der Waals surface area contributed by atoms with E-state index in [0.717, 1.165) is 32.2 Å². The summed E-state index contributed by atoms with van der Waals surface area (Å²) >= 11 is 0. The van der Waals surface area contributed by atoms with Crippen molar-refractivity contribution in [2.75, 3.05) is 20.6 Å². The SMILES string of the molecule is CCC(O)(CC)CCCN(C)C. The van der Waals surface area contributed by atoms with E-state index in [4.69, 9.17) is 0 Å². The van der Waals surface area contributed by atoms with Crippen LogP contribution in [0.4, 0.5) is 0 Å². The molecule has 0 radical (unpaired) electrons. The number of aliphatic hydroxyl groups is 1. The highest BCUT2D eigenvalue weighted by Gasteiger charge is 2.20. The van der Waals surface area contributed by atoms with Gasteiger partial charge >= 0.3 is 0 Å². The van der Waals surface area contributed by atoms with Crippen LogP contribution in [0.2, 0.25) is 0 Å². The van der Waals surface area contributed by atoms with E-state index in [1.165, 1.54) is 0 Å². The Hall–Kier alpha value is -0.0800. The molecular formula is C10H23NO. The molecule has 0 spiro atoms. The van der Waals surface area contributed by atoms with E-state index in [1.54, 1.807) is 0 Å². The zero-order chi connectivity index (χ0) is 9.61. The van der Waals surface area contributed by atoms with Crippen LogP contribution in [0, 0.1) is 0 Å². The van der Waals surface area contributed by atoms with Crippen molar-refractivity contribution in [2.45, 2.75) is 45.1 Å². The molecule has 0 aliphatic carbocycles. The van der Waals surface area contributed by atoms with Gasteiger partial charge in [0.15, 0.2) is 0 Å². The van der Waals surface area contributed by atoms with E-state index >= 15 is 0 Å². The first kappa shape index (κ1) is 11.9. The van der Waals surface area contributed by atoms with E-state index in [2.05, 4.69) is 32.8 Å². The molecule has 0 fully saturated rings. The molecule has 2 heteroatoms. The average molecular weight is 173 g/mol. The Labute approximate surface area is 76.6 Å². The van der Waals surface area contributed by atoms with Gasteiger partial charge in [0.05, 0.1) is 5.60 Å². The first-order valence-corrected chi connectivity index (χ1v) is 4.91. The van der Waals surface area contributed by atoms with Crippen molar-refractivity contribution in [1.82, 2.24) is 4.90 Å². The molecule has 0 aromatic carbocycles. The zero-order valence-electron chi connectivity index (χ0n) is 8.93. The highest BCUT2D eigenvalue weighted by atomic mass is 16.3. The van der Waals surface area contributed by atoms with Crippen LogP contribution in [0.15, 0.2) is 0 Å². The maximum absolute atomic E-state index is 9.92. The van der Waals surface area contributed by atoms with Crippen molar-refractivity contribution in [3.63, 3.8) is 0 Å². The quantitative estimate of drug-likeness (QED) is 0.663. The molecule has 0 aliphatic rings. The predicted molar refractivity (Wildman–Crippen MR) is 53.3 cm³/mol. The lowest BCUT2D eigenvalue weighted by Crippen LogP contribution is -2.28. The lowest BCUT2D eigenvalue weighted by molar-refractivity contribution is 0.0202. The topological polar surface area (TPSA) is 23.5 Å². The Balaban J connectivity index is 3.58. The molecule has 0 aliphatic heterocycles. The monoisotopic (exact) mass is 173 g/mol. The Morgan fingerprint density at radius 1 is 1.17 bits per heavy atom. The van der Waals surface area contributed by atoms with Gasteiger partial charge in [-0.05, 0) is 46.3 Å². The minimum atomic E-state index is -0.407. The molecule has 1 N–H and O–H groups in total. The molecule has 0 aromatic rings. The standard InChI is InChI=1S/C10H23NO/c1-5-10(12,6-2)8-7-9-11(3)4/h12H,5-9H2,1-4H3. The van der Waals surface area contributed by atoms with Crippen molar-refractivity contribution in [3.8, 4) is 0 Å². The summed E-state index contributed by atoms with van der Waals surface area (Å²) < 4.78 is 0. The van der Waals surface area contributed by atoms with Gasteiger partial charge in [-0.25, -0.2) is 0 Å². The van der Waals surface area contributed by atoms with Crippen molar-refractivity contribution < 1.29 is 5.11 Å². The molecule has 12 heavy (non-hydrogen) atoms. The summed E-state index contributed by atoms with van der Waals surface area (Å²) in [6, 6.07) is 0. The van der Waals surface area contributed by atoms with Gasteiger partial charge in [-0.3, -0.25) is 0 Å². The molecule has 0 amide bonds. The Morgan fingerprint density at radius 2 is 1.67 bits per heavy atom. The molecule has 0 saturated carbocycles. The van der Waals surface area contributed by atoms with E-state index in [-0.39, 0.29) is 0 Å². The van der Waals surface area contributed by atoms with Crippen molar-refractivity contribution in [2.24, 2.45) is 0 Å². The highest BCUT2D eigenvalue weighted by Crippen LogP contribution is 2.20. The van der Waals surface area contributed by atoms with Crippen molar-refractivity contribution in [3.05, 3.63) is 0 Å². The average Bonchev–Trinajstić information content (AvgIpc) is 2.03. The third-order valence-electron chi connectivity index (χ3n) is 2.56. The van der Waals surface area contributed by atoms with Gasteiger partial charge in [0.25, 0.3) is 0 Å². The van der Waals surface area contributed by atoms with Gasteiger partial charge in [-0.2, -0.15) is 0 Å². The number of nitrogens with zero attached hydrogens (tertiary/aromatic N) is 1. The number of hydrogen-bond acceptors (Lipinski definition) is 2. The molecule has 2 nitrogen and oxygen atoms in total. The minimum Gasteiger partial charge on any atom is -0.390 e. The summed E-state index contributed by atoms with van der Waals surface area (Å²) in [5, 5.41) is 9.92. The summed E-state index contributed by atoms with van der Waals surface area (Å²) in [4.78, 5) is 2.16. The maximum Gasteiger partial charge on any atom is 0.0643 e. The van der Waals surface area contributed by atoms with Crippen LogP contribution in [0.5, 0.6) is 0 Å². The van der Waals surface area contributed by atoms with E-state index < -0.39 is 5.60 Å². The summed E-state index contributed by atoms with van der Waals surface area (Å²) in [6.45, 7) is 5.18. The Morgan fingerprint density at radius 3 is 2.00 bits per heavy atom. The third kappa shape index (κ3) is 4.73. The largest absolute Gasteiger partial charge is 0.390 e. The molecule has 0 aromatic heterocycles. The molecule has 0 saturated heterocycles. The van der Waals surface area contributed by atoms with Gasteiger partial charge in [0, 0.05) is 0 Å². The van der Waals surface area contributed by atoms with Crippen LogP contribution < -0.4 is 0 Å². The van der Waals surface area contributed by atoms with Crippen LogP contribution in [0.25, 0.3) is 0 Å². The van der Waals surface area contributed by atoms with Crippen molar-refractivity contribution in [1.29, 1.82) is 0 Å². The first-order valence-electron chi connectivity index (χ1n) is 4.91. The molecule has 0 rings (SSSR count). The summed E-state index contributed by atoms with van der Waals surface area (Å²) in [6.07, 6.45) is 3.76. The normalized spacial score (nSPS) is 12.5. The fraction of sp³-hybridized carbons (Fsp3) is 1.00. The number of hydrogen-bond donors (Lipinski definition) is 1. The molecule has 0 atom stereocenters. The van der Waals surface area contributed by atoms with E-state index in [0.29, 0.717) is 0 Å². The number of rotatable bonds is 6. The van der Waals surface area contributed by atoms with Crippen LogP contribution in [-0.2, 0) is 0 Å². The van der Waals surface area contributed by atoms with E-state index in [9.17, 15) is 5.11 Å². The molecule has 0 unspecified atom stereocenters. The lowest BCUT2D eigenvalue weighted by Gasteiger charge is -2.25. The second-order valence-corrected chi connectivity index (χ2v) is 3.84. The zero-order valence-corrected chi connectivity index (χ0v) is 8.93. The molecule has 0 bridgehead atoms. The fourth-order valence-corrected chi connectivity index (χ4v) is 1.33. The van der Waals surface area contributed by atoms with E-state index in [1.807, 2.05) is 0 Å². The fourth-order valence-electron chi connectivity index (χ4n) is 1.33. The lowest BCUT2D eigenvalue weighted by atomic mass is 9.92. The molecule has 0 heterocycles. The third-order valence-corrected chi connectivity index (χ3v) is 2.56. The van der Waals surface area contributed by atoms with Gasteiger partial charge in [0.2, 0.25) is 0 Å². The van der Waals surface area contributed by atoms with Crippen LogP contribution in [0.3, 0.4) is 0 Å². The van der Waals surface area contributed by atoms with Gasteiger partial charge < -0.3 is 10.0 Å². The summed E-state index contributed by atoms with van der Waals surface area (Å²) in [5.74, 6) is 0. The van der Waals surface area contributed by atoms with Crippen LogP contribution in [0.1, 0.15) is 39.5 Å². The smallest absolute Gasteiger partial charge is 0.0643 e. The summed E-state index contributed by atoms with van der Waals surface area (Å²) in [5.41, 5.74) is -0.407.